The molecule has 2 aromatic carbocycles. The van der Waals surface area contributed by atoms with Gasteiger partial charge >= 0.3 is 0 Å². The number of benzene rings is 2. The van der Waals surface area contributed by atoms with E-state index < -0.39 is 0 Å². The molecule has 2 amide bonds. The topological polar surface area (TPSA) is 49.4 Å². The standard InChI is InChI=1S/C24H32N2O2/c1-16(2)20-11-9-12-21(17(3)4)24(20)25-23(28)14-15-26(19(6)27)22-13-8-7-10-18(22)5/h7-13,16-17H,14-15H2,1-6H3,(H,25,28). The zero-order valence-electron chi connectivity index (χ0n) is 17.9. The normalized spacial score (nSPS) is 11.0. The lowest BCUT2D eigenvalue weighted by molar-refractivity contribution is -0.117. The van der Waals surface area contributed by atoms with E-state index in [4.69, 9.17) is 0 Å². The molecule has 0 aliphatic heterocycles. The molecule has 0 saturated carbocycles. The Hall–Kier alpha value is -2.62. The van der Waals surface area contributed by atoms with Gasteiger partial charge in [-0.2, -0.15) is 0 Å². The number of carbonyl (C=O) groups excluding carboxylic acids is 2. The Balaban J connectivity index is 2.18. The van der Waals surface area contributed by atoms with Gasteiger partial charge in [-0.05, 0) is 41.5 Å². The predicted octanol–water partition coefficient (Wildman–Crippen LogP) is 5.62. The minimum absolute atomic E-state index is 0.0625. The first kappa shape index (κ1) is 21.7. The summed E-state index contributed by atoms with van der Waals surface area (Å²) >= 11 is 0. The SMILES string of the molecule is CC(=O)N(CCC(=O)Nc1c(C(C)C)cccc1C(C)C)c1ccccc1C. The summed E-state index contributed by atoms with van der Waals surface area (Å²) in [6.45, 7) is 12.4. The van der Waals surface area contributed by atoms with Gasteiger partial charge in [0.15, 0.2) is 0 Å². The summed E-state index contributed by atoms with van der Waals surface area (Å²) in [5.74, 6) is 0.492. The number of amides is 2. The van der Waals surface area contributed by atoms with Crippen LogP contribution in [0.25, 0.3) is 0 Å². The molecule has 0 aliphatic rings. The number of hydrogen-bond donors (Lipinski definition) is 1. The van der Waals surface area contributed by atoms with Gasteiger partial charge in [-0.1, -0.05) is 64.1 Å². The first-order chi connectivity index (χ1) is 13.2. The number of anilines is 2. The Morgan fingerprint density at radius 1 is 0.929 bits per heavy atom. The fraction of sp³-hybridized carbons (Fsp3) is 0.417. The molecule has 0 heterocycles. The molecule has 150 valence electrons. The largest absolute Gasteiger partial charge is 0.326 e. The van der Waals surface area contributed by atoms with Crippen LogP contribution in [0.5, 0.6) is 0 Å². The highest BCUT2D eigenvalue weighted by Crippen LogP contribution is 2.32. The van der Waals surface area contributed by atoms with E-state index in [1.807, 2.05) is 31.2 Å². The van der Waals surface area contributed by atoms with Gasteiger partial charge in [-0.3, -0.25) is 9.59 Å². The Bertz CT molecular complexity index is 814. The van der Waals surface area contributed by atoms with E-state index in [9.17, 15) is 9.59 Å². The average Bonchev–Trinajstić information content (AvgIpc) is 2.62. The molecular weight excluding hydrogens is 348 g/mol. The molecule has 4 heteroatoms. The van der Waals surface area contributed by atoms with E-state index >= 15 is 0 Å². The van der Waals surface area contributed by atoms with Crippen molar-refractivity contribution in [1.29, 1.82) is 0 Å². The predicted molar refractivity (Wildman–Crippen MR) is 117 cm³/mol. The third-order valence-corrected chi connectivity index (χ3v) is 4.99. The fourth-order valence-corrected chi connectivity index (χ4v) is 3.42. The summed E-state index contributed by atoms with van der Waals surface area (Å²) < 4.78 is 0. The lowest BCUT2D eigenvalue weighted by Crippen LogP contribution is -2.32. The summed E-state index contributed by atoms with van der Waals surface area (Å²) in [5, 5.41) is 3.13. The maximum absolute atomic E-state index is 12.8. The molecule has 28 heavy (non-hydrogen) atoms. The molecule has 0 saturated heterocycles. The minimum Gasteiger partial charge on any atom is -0.326 e. The third kappa shape index (κ3) is 5.22. The summed E-state index contributed by atoms with van der Waals surface area (Å²) in [6.07, 6.45) is 0.248. The van der Waals surface area contributed by atoms with E-state index in [2.05, 4.69) is 51.2 Å². The molecule has 0 spiro atoms. The quantitative estimate of drug-likeness (QED) is 0.677. The summed E-state index contributed by atoms with van der Waals surface area (Å²) in [6, 6.07) is 13.9. The average molecular weight is 381 g/mol. The molecule has 0 aromatic heterocycles. The smallest absolute Gasteiger partial charge is 0.226 e. The van der Waals surface area contributed by atoms with Crippen LogP contribution in [-0.4, -0.2) is 18.4 Å². The summed E-state index contributed by atoms with van der Waals surface area (Å²) in [7, 11) is 0. The first-order valence-corrected chi connectivity index (χ1v) is 9.98. The first-order valence-electron chi connectivity index (χ1n) is 9.98. The number of rotatable bonds is 7. The Labute approximate surface area is 169 Å². The molecule has 2 rings (SSSR count). The number of nitrogens with one attached hydrogen (secondary N) is 1. The van der Waals surface area contributed by atoms with Crippen molar-refractivity contribution in [1.82, 2.24) is 0 Å². The van der Waals surface area contributed by atoms with E-state index in [0.29, 0.717) is 18.4 Å². The van der Waals surface area contributed by atoms with Gasteiger partial charge < -0.3 is 10.2 Å². The highest BCUT2D eigenvalue weighted by Gasteiger charge is 2.18. The van der Waals surface area contributed by atoms with E-state index in [1.165, 1.54) is 6.92 Å². The molecule has 2 aromatic rings. The number of nitrogens with zero attached hydrogens (tertiary/aromatic N) is 1. The van der Waals surface area contributed by atoms with Gasteiger partial charge in [0.1, 0.15) is 0 Å². The molecule has 0 radical (unpaired) electrons. The van der Waals surface area contributed by atoms with Crippen molar-refractivity contribution in [2.75, 3.05) is 16.8 Å². The van der Waals surface area contributed by atoms with Gasteiger partial charge in [0.2, 0.25) is 11.8 Å². The maximum Gasteiger partial charge on any atom is 0.226 e. The second-order valence-electron chi connectivity index (χ2n) is 7.88. The van der Waals surface area contributed by atoms with Crippen LogP contribution in [0, 0.1) is 6.92 Å². The zero-order valence-corrected chi connectivity index (χ0v) is 17.9. The summed E-state index contributed by atoms with van der Waals surface area (Å²) in [4.78, 5) is 26.6. The molecular formula is C24H32N2O2. The molecule has 0 unspecified atom stereocenters. The Morgan fingerprint density at radius 2 is 1.50 bits per heavy atom. The highest BCUT2D eigenvalue weighted by molar-refractivity contribution is 5.96. The van der Waals surface area contributed by atoms with E-state index in [1.54, 1.807) is 4.90 Å². The van der Waals surface area contributed by atoms with Gasteiger partial charge in [0, 0.05) is 31.3 Å². The van der Waals surface area contributed by atoms with Crippen LogP contribution in [0.3, 0.4) is 0 Å². The molecule has 0 bridgehead atoms. The minimum atomic E-state index is -0.0742. The van der Waals surface area contributed by atoms with Crippen molar-refractivity contribution < 1.29 is 9.59 Å². The number of para-hydroxylation sites is 2. The van der Waals surface area contributed by atoms with Crippen LogP contribution in [0.4, 0.5) is 11.4 Å². The zero-order chi connectivity index (χ0) is 20.8. The Kier molecular flexibility index (Phi) is 7.38. The lowest BCUT2D eigenvalue weighted by Gasteiger charge is -2.24. The lowest BCUT2D eigenvalue weighted by atomic mass is 9.92. The molecule has 0 aliphatic carbocycles. The van der Waals surface area contributed by atoms with Crippen LogP contribution in [0.15, 0.2) is 42.5 Å². The van der Waals surface area contributed by atoms with Crippen LogP contribution < -0.4 is 10.2 Å². The van der Waals surface area contributed by atoms with Gasteiger partial charge in [-0.25, -0.2) is 0 Å². The number of aryl methyl sites for hydroxylation is 1. The van der Waals surface area contributed by atoms with Crippen molar-refractivity contribution in [2.45, 2.75) is 59.8 Å². The van der Waals surface area contributed by atoms with Crippen molar-refractivity contribution in [3.8, 4) is 0 Å². The molecule has 4 nitrogen and oxygen atoms in total. The highest BCUT2D eigenvalue weighted by atomic mass is 16.2. The van der Waals surface area contributed by atoms with Gasteiger partial charge in [0.25, 0.3) is 0 Å². The molecule has 1 N–H and O–H groups in total. The molecule has 0 fully saturated rings. The van der Waals surface area contributed by atoms with Crippen molar-refractivity contribution in [3.05, 3.63) is 59.2 Å². The Morgan fingerprint density at radius 3 is 2.00 bits per heavy atom. The second-order valence-corrected chi connectivity index (χ2v) is 7.88. The van der Waals surface area contributed by atoms with Crippen LogP contribution in [-0.2, 0) is 9.59 Å². The molecule has 0 atom stereocenters. The fourth-order valence-electron chi connectivity index (χ4n) is 3.42. The van der Waals surface area contributed by atoms with Gasteiger partial charge in [0.05, 0.1) is 0 Å². The third-order valence-electron chi connectivity index (χ3n) is 4.99. The number of carbonyl (C=O) groups is 2. The van der Waals surface area contributed by atoms with Crippen LogP contribution in [0.1, 0.15) is 69.6 Å². The number of hydrogen-bond acceptors (Lipinski definition) is 2. The van der Waals surface area contributed by atoms with E-state index in [-0.39, 0.29) is 18.2 Å². The maximum atomic E-state index is 12.8. The second kappa shape index (κ2) is 9.54. The van der Waals surface area contributed by atoms with Crippen molar-refractivity contribution in [2.24, 2.45) is 0 Å². The summed E-state index contributed by atoms with van der Waals surface area (Å²) in [5.41, 5.74) is 5.07. The monoisotopic (exact) mass is 380 g/mol. The van der Waals surface area contributed by atoms with Crippen LogP contribution >= 0.6 is 0 Å². The van der Waals surface area contributed by atoms with Crippen molar-refractivity contribution >= 4 is 23.2 Å². The van der Waals surface area contributed by atoms with Crippen LogP contribution in [0.2, 0.25) is 0 Å². The van der Waals surface area contributed by atoms with E-state index in [0.717, 1.165) is 28.1 Å². The van der Waals surface area contributed by atoms with Gasteiger partial charge in [-0.15, -0.1) is 0 Å². The van der Waals surface area contributed by atoms with Crippen molar-refractivity contribution in [3.63, 3.8) is 0 Å².